The average Bonchev–Trinajstić information content (AvgIpc) is 2.55. The summed E-state index contributed by atoms with van der Waals surface area (Å²) in [6, 6.07) is 8.54. The Morgan fingerprint density at radius 2 is 1.83 bits per heavy atom. The number of hydrogen-bond acceptors (Lipinski definition) is 4. The zero-order valence-electron chi connectivity index (χ0n) is 13.0. The van der Waals surface area contributed by atoms with Gasteiger partial charge in [0.15, 0.2) is 0 Å². The van der Waals surface area contributed by atoms with Gasteiger partial charge in [0.05, 0.1) is 4.90 Å². The lowest BCUT2D eigenvalue weighted by Gasteiger charge is -2.28. The Labute approximate surface area is 140 Å². The van der Waals surface area contributed by atoms with Crippen LogP contribution in [0.25, 0.3) is 0 Å². The molecule has 1 aliphatic rings. The second-order valence-electron chi connectivity index (χ2n) is 5.54. The summed E-state index contributed by atoms with van der Waals surface area (Å²) in [7, 11) is -1.84. The van der Waals surface area contributed by atoms with Gasteiger partial charge in [0.2, 0.25) is 10.0 Å². The van der Waals surface area contributed by atoms with E-state index in [0.29, 0.717) is 24.4 Å². The third-order valence-corrected chi connectivity index (χ3v) is 6.68. The van der Waals surface area contributed by atoms with Gasteiger partial charge >= 0.3 is 0 Å². The minimum absolute atomic E-state index is 0.0623. The maximum absolute atomic E-state index is 12.8. The number of benzene rings is 1. The lowest BCUT2D eigenvalue weighted by Crippen LogP contribution is -2.37. The lowest BCUT2D eigenvalue weighted by atomic mass is 10.0. The lowest BCUT2D eigenvalue weighted by molar-refractivity contribution is 0.389. The van der Waals surface area contributed by atoms with Crippen LogP contribution in [0.1, 0.15) is 11.1 Å². The molecule has 0 atom stereocenters. The van der Waals surface area contributed by atoms with Crippen LogP contribution in [0.4, 0.5) is 0 Å². The third-order valence-electron chi connectivity index (χ3n) is 4.08. The number of aromatic nitrogens is 1. The predicted octanol–water partition coefficient (Wildman–Crippen LogP) is 1.85. The Bertz CT molecular complexity index is 887. The van der Waals surface area contributed by atoms with Gasteiger partial charge in [0, 0.05) is 37.3 Å². The highest BCUT2D eigenvalue weighted by Gasteiger charge is 2.28. The van der Waals surface area contributed by atoms with Gasteiger partial charge < -0.3 is 4.57 Å². The molecule has 0 amide bonds. The minimum Gasteiger partial charge on any atom is -0.318 e. The van der Waals surface area contributed by atoms with Crippen molar-refractivity contribution in [2.24, 2.45) is 7.05 Å². The van der Waals surface area contributed by atoms with Crippen LogP contribution >= 0.6 is 11.8 Å². The number of sulfonamides is 1. The summed E-state index contributed by atoms with van der Waals surface area (Å²) in [5.41, 5.74) is 1.77. The van der Waals surface area contributed by atoms with E-state index in [1.807, 2.05) is 18.4 Å². The molecule has 0 fully saturated rings. The molecule has 122 valence electrons. The van der Waals surface area contributed by atoms with E-state index in [2.05, 4.69) is 0 Å². The number of rotatable bonds is 3. The van der Waals surface area contributed by atoms with Gasteiger partial charge in [-0.05, 0) is 48.1 Å². The van der Waals surface area contributed by atoms with E-state index >= 15 is 0 Å². The predicted molar refractivity (Wildman–Crippen MR) is 91.2 cm³/mol. The van der Waals surface area contributed by atoms with E-state index < -0.39 is 10.0 Å². The topological polar surface area (TPSA) is 59.4 Å². The molecule has 2 heterocycles. The van der Waals surface area contributed by atoms with Crippen molar-refractivity contribution < 1.29 is 8.42 Å². The first-order chi connectivity index (χ1) is 10.9. The molecule has 1 aliphatic heterocycles. The molecule has 0 N–H and O–H groups in total. The zero-order valence-corrected chi connectivity index (χ0v) is 14.7. The number of nitrogens with zero attached hydrogens (tertiary/aromatic N) is 2. The Morgan fingerprint density at radius 3 is 2.48 bits per heavy atom. The monoisotopic (exact) mass is 350 g/mol. The molecule has 0 radical (unpaired) electrons. The van der Waals surface area contributed by atoms with Crippen LogP contribution < -0.4 is 5.56 Å². The van der Waals surface area contributed by atoms with E-state index in [4.69, 9.17) is 0 Å². The number of hydrogen-bond donors (Lipinski definition) is 0. The van der Waals surface area contributed by atoms with E-state index in [9.17, 15) is 13.2 Å². The first-order valence-corrected chi connectivity index (χ1v) is 9.91. The van der Waals surface area contributed by atoms with Gasteiger partial charge in [-0.3, -0.25) is 4.79 Å². The van der Waals surface area contributed by atoms with E-state index in [-0.39, 0.29) is 5.56 Å². The summed E-state index contributed by atoms with van der Waals surface area (Å²) in [5, 5.41) is 0. The van der Waals surface area contributed by atoms with Crippen LogP contribution in [0, 0.1) is 0 Å². The smallest absolute Gasteiger partial charge is 0.250 e. The van der Waals surface area contributed by atoms with Crippen molar-refractivity contribution >= 4 is 21.8 Å². The number of thioether (sulfide) groups is 1. The van der Waals surface area contributed by atoms with Crippen LogP contribution in [-0.4, -0.2) is 30.1 Å². The first kappa shape index (κ1) is 16.3. The Morgan fingerprint density at radius 1 is 1.13 bits per heavy atom. The molecule has 0 saturated heterocycles. The van der Waals surface area contributed by atoms with E-state index in [1.54, 1.807) is 43.2 Å². The molecule has 5 nitrogen and oxygen atoms in total. The highest BCUT2D eigenvalue weighted by molar-refractivity contribution is 7.98. The summed E-state index contributed by atoms with van der Waals surface area (Å²) >= 11 is 1.58. The van der Waals surface area contributed by atoms with Crippen molar-refractivity contribution in [3.8, 4) is 0 Å². The van der Waals surface area contributed by atoms with Crippen LogP contribution in [0.15, 0.2) is 51.1 Å². The standard InChI is InChI=1S/C16H18N2O3S2/c1-17-10-13-11-18(8-7-12(13)9-16(17)19)23(20,21)15-5-3-14(22-2)4-6-15/h3-6,9-10H,7-8,11H2,1-2H3. The van der Waals surface area contributed by atoms with Crippen molar-refractivity contribution in [1.29, 1.82) is 0 Å². The summed E-state index contributed by atoms with van der Waals surface area (Å²) in [6.45, 7) is 0.697. The fourth-order valence-corrected chi connectivity index (χ4v) is 4.54. The zero-order chi connectivity index (χ0) is 16.6. The molecule has 1 aromatic carbocycles. The second kappa shape index (κ2) is 6.14. The van der Waals surface area contributed by atoms with Gasteiger partial charge in [0.1, 0.15) is 0 Å². The second-order valence-corrected chi connectivity index (χ2v) is 8.35. The molecule has 3 rings (SSSR count). The normalized spacial score (nSPS) is 15.4. The maximum atomic E-state index is 12.8. The SMILES string of the molecule is CSc1ccc(S(=O)(=O)N2CCc3cc(=O)n(C)cc3C2)cc1. The highest BCUT2D eigenvalue weighted by atomic mass is 32.2. The van der Waals surface area contributed by atoms with Crippen molar-refractivity contribution in [3.05, 3.63) is 58.0 Å². The maximum Gasteiger partial charge on any atom is 0.250 e. The number of aryl methyl sites for hydroxylation is 1. The van der Waals surface area contributed by atoms with Gasteiger partial charge in [-0.15, -0.1) is 11.8 Å². The summed E-state index contributed by atoms with van der Waals surface area (Å²) in [4.78, 5) is 13.0. The van der Waals surface area contributed by atoms with Crippen molar-refractivity contribution in [2.45, 2.75) is 22.8 Å². The van der Waals surface area contributed by atoms with E-state index in [0.717, 1.165) is 16.0 Å². The molecular formula is C16H18N2O3S2. The summed E-state index contributed by atoms with van der Waals surface area (Å²) in [6.07, 6.45) is 4.25. The highest BCUT2D eigenvalue weighted by Crippen LogP contribution is 2.25. The number of fused-ring (bicyclic) bond motifs is 1. The molecule has 7 heteroatoms. The fraction of sp³-hybridized carbons (Fsp3) is 0.312. The van der Waals surface area contributed by atoms with Crippen LogP contribution in [0.2, 0.25) is 0 Å². The van der Waals surface area contributed by atoms with Gasteiger partial charge in [0.25, 0.3) is 5.56 Å². The number of pyridine rings is 1. The quantitative estimate of drug-likeness (QED) is 0.793. The summed E-state index contributed by atoms with van der Waals surface area (Å²) < 4.78 is 28.6. The van der Waals surface area contributed by atoms with Crippen LogP contribution in [0.3, 0.4) is 0 Å². The van der Waals surface area contributed by atoms with Gasteiger partial charge in [-0.1, -0.05) is 0 Å². The fourth-order valence-electron chi connectivity index (χ4n) is 2.72. The first-order valence-electron chi connectivity index (χ1n) is 7.24. The molecule has 1 aromatic heterocycles. The molecular weight excluding hydrogens is 332 g/mol. The largest absolute Gasteiger partial charge is 0.318 e. The van der Waals surface area contributed by atoms with Crippen molar-refractivity contribution in [2.75, 3.05) is 12.8 Å². The van der Waals surface area contributed by atoms with Crippen molar-refractivity contribution in [3.63, 3.8) is 0 Å². The van der Waals surface area contributed by atoms with Crippen LogP contribution in [0.5, 0.6) is 0 Å². The van der Waals surface area contributed by atoms with Gasteiger partial charge in [-0.2, -0.15) is 4.31 Å². The van der Waals surface area contributed by atoms with Crippen LogP contribution in [-0.2, 0) is 30.0 Å². The molecule has 0 saturated carbocycles. The molecule has 0 unspecified atom stereocenters. The molecule has 0 bridgehead atoms. The van der Waals surface area contributed by atoms with E-state index in [1.165, 1.54) is 8.87 Å². The molecule has 23 heavy (non-hydrogen) atoms. The van der Waals surface area contributed by atoms with Crippen molar-refractivity contribution in [1.82, 2.24) is 8.87 Å². The Hall–Kier alpha value is -1.57. The third kappa shape index (κ3) is 3.08. The average molecular weight is 350 g/mol. The summed E-state index contributed by atoms with van der Waals surface area (Å²) in [5.74, 6) is 0. The van der Waals surface area contributed by atoms with Gasteiger partial charge in [-0.25, -0.2) is 8.42 Å². The minimum atomic E-state index is -3.52. The molecule has 0 aliphatic carbocycles. The Balaban J connectivity index is 1.92. The molecule has 2 aromatic rings. The Kier molecular flexibility index (Phi) is 4.35. The molecule has 0 spiro atoms.